The summed E-state index contributed by atoms with van der Waals surface area (Å²) >= 11 is 0. The van der Waals surface area contributed by atoms with Crippen LogP contribution in [0.4, 0.5) is 0 Å². The number of piperidine rings is 1. The first-order chi connectivity index (χ1) is 8.01. The van der Waals surface area contributed by atoms with Crippen LogP contribution in [0.5, 0.6) is 0 Å². The number of nitrogens with zero attached hydrogens (tertiary/aromatic N) is 2. The van der Waals surface area contributed by atoms with Crippen LogP contribution in [0.25, 0.3) is 0 Å². The van der Waals surface area contributed by atoms with Crippen molar-refractivity contribution in [1.29, 1.82) is 0 Å². The molecule has 3 N–H and O–H groups in total. The van der Waals surface area contributed by atoms with Crippen LogP contribution in [-0.2, 0) is 4.79 Å². The van der Waals surface area contributed by atoms with Crippen molar-refractivity contribution in [1.82, 2.24) is 4.90 Å². The van der Waals surface area contributed by atoms with Crippen molar-refractivity contribution in [2.45, 2.75) is 46.1 Å². The number of carbonyl (C=O) groups excluding carboxylic acids is 1. The van der Waals surface area contributed by atoms with Crippen LogP contribution < -0.4 is 5.73 Å². The molecule has 5 nitrogen and oxygen atoms in total. The van der Waals surface area contributed by atoms with E-state index in [4.69, 9.17) is 10.9 Å². The Balaban J connectivity index is 2.79. The van der Waals surface area contributed by atoms with Gasteiger partial charge >= 0.3 is 0 Å². The number of carbonyl (C=O) groups is 1. The van der Waals surface area contributed by atoms with Crippen LogP contribution in [0.1, 0.15) is 40.0 Å². The number of nitrogens with two attached hydrogens (primary N) is 1. The summed E-state index contributed by atoms with van der Waals surface area (Å²) in [7, 11) is 0. The molecule has 1 fully saturated rings. The molecular formula is C12H23N3O2. The highest BCUT2D eigenvalue weighted by Crippen LogP contribution is 2.23. The van der Waals surface area contributed by atoms with Gasteiger partial charge in [-0.15, -0.1) is 0 Å². The van der Waals surface area contributed by atoms with Gasteiger partial charge in [-0.2, -0.15) is 0 Å². The second-order valence-corrected chi connectivity index (χ2v) is 5.01. The molecule has 0 bridgehead atoms. The van der Waals surface area contributed by atoms with Gasteiger partial charge in [0, 0.05) is 12.6 Å². The zero-order chi connectivity index (χ0) is 13.0. The Hall–Kier alpha value is -1.26. The van der Waals surface area contributed by atoms with Crippen molar-refractivity contribution in [2.24, 2.45) is 22.7 Å². The Morgan fingerprint density at radius 1 is 1.53 bits per heavy atom. The van der Waals surface area contributed by atoms with E-state index in [0.717, 1.165) is 19.4 Å². The summed E-state index contributed by atoms with van der Waals surface area (Å²) in [6.45, 7) is 6.85. The zero-order valence-corrected chi connectivity index (χ0v) is 10.9. The molecular weight excluding hydrogens is 218 g/mol. The number of hydrogen-bond donors (Lipinski definition) is 2. The van der Waals surface area contributed by atoms with E-state index in [0.29, 0.717) is 12.3 Å². The predicted molar refractivity (Wildman–Crippen MR) is 66.8 cm³/mol. The summed E-state index contributed by atoms with van der Waals surface area (Å²) in [5, 5.41) is 11.7. The van der Waals surface area contributed by atoms with E-state index < -0.39 is 5.92 Å². The van der Waals surface area contributed by atoms with Gasteiger partial charge in [-0.1, -0.05) is 19.0 Å². The zero-order valence-electron chi connectivity index (χ0n) is 10.9. The standard InChI is InChI=1S/C12H23N3O2/c1-4-10(11(13)14-17)12(16)15-7-8(2)5-6-9(15)3/h8-10,17H,4-7H2,1-3H3,(H2,13,14). The van der Waals surface area contributed by atoms with Crippen molar-refractivity contribution in [3.63, 3.8) is 0 Å². The largest absolute Gasteiger partial charge is 0.409 e. The summed E-state index contributed by atoms with van der Waals surface area (Å²) in [5.41, 5.74) is 5.57. The highest BCUT2D eigenvalue weighted by atomic mass is 16.4. The monoisotopic (exact) mass is 241 g/mol. The molecule has 17 heavy (non-hydrogen) atoms. The average Bonchev–Trinajstić information content (AvgIpc) is 2.32. The molecule has 1 amide bonds. The Morgan fingerprint density at radius 3 is 2.71 bits per heavy atom. The molecule has 98 valence electrons. The third kappa shape index (κ3) is 3.11. The van der Waals surface area contributed by atoms with Crippen LogP contribution in [0.2, 0.25) is 0 Å². The summed E-state index contributed by atoms with van der Waals surface area (Å²) in [6, 6.07) is 0.249. The van der Waals surface area contributed by atoms with Gasteiger partial charge in [0.15, 0.2) is 5.84 Å². The third-order valence-corrected chi connectivity index (χ3v) is 3.58. The smallest absolute Gasteiger partial charge is 0.233 e. The fourth-order valence-corrected chi connectivity index (χ4v) is 2.38. The Bertz CT molecular complexity index is 304. The number of hydrogen-bond acceptors (Lipinski definition) is 3. The fourth-order valence-electron chi connectivity index (χ4n) is 2.38. The minimum Gasteiger partial charge on any atom is -0.409 e. The molecule has 1 saturated heterocycles. The summed E-state index contributed by atoms with van der Waals surface area (Å²) in [6.07, 6.45) is 2.75. The molecule has 0 aromatic carbocycles. The van der Waals surface area contributed by atoms with Crippen molar-refractivity contribution >= 4 is 11.7 Å². The first-order valence-electron chi connectivity index (χ1n) is 6.29. The van der Waals surface area contributed by atoms with Crippen molar-refractivity contribution < 1.29 is 10.0 Å². The molecule has 0 spiro atoms. The molecule has 3 unspecified atom stereocenters. The second-order valence-electron chi connectivity index (χ2n) is 5.01. The molecule has 0 aromatic rings. The first kappa shape index (κ1) is 13.8. The minimum atomic E-state index is -0.493. The fraction of sp³-hybridized carbons (Fsp3) is 0.833. The Kier molecular flexibility index (Phi) is 4.78. The van der Waals surface area contributed by atoms with Gasteiger partial charge in [0.25, 0.3) is 0 Å². The van der Waals surface area contributed by atoms with Crippen molar-refractivity contribution in [2.75, 3.05) is 6.54 Å². The van der Waals surface area contributed by atoms with Gasteiger partial charge in [-0.3, -0.25) is 4.79 Å². The van der Waals surface area contributed by atoms with Gasteiger partial charge in [0.05, 0.1) is 5.92 Å². The number of amides is 1. The Morgan fingerprint density at radius 2 is 2.18 bits per heavy atom. The number of likely N-dealkylation sites (tertiary alicyclic amines) is 1. The quantitative estimate of drug-likeness (QED) is 0.339. The van der Waals surface area contributed by atoms with Gasteiger partial charge < -0.3 is 15.8 Å². The van der Waals surface area contributed by atoms with E-state index in [9.17, 15) is 4.79 Å². The van der Waals surface area contributed by atoms with Crippen LogP contribution in [0, 0.1) is 11.8 Å². The van der Waals surface area contributed by atoms with Crippen molar-refractivity contribution in [3.05, 3.63) is 0 Å². The predicted octanol–water partition coefficient (Wildman–Crippen LogP) is 1.41. The number of amidine groups is 1. The van der Waals surface area contributed by atoms with Crippen LogP contribution in [0.15, 0.2) is 5.16 Å². The molecule has 3 atom stereocenters. The first-order valence-corrected chi connectivity index (χ1v) is 6.29. The maximum atomic E-state index is 12.3. The molecule has 1 aliphatic heterocycles. The van der Waals surface area contributed by atoms with E-state index >= 15 is 0 Å². The SMILES string of the molecule is CCC(C(=O)N1CC(C)CCC1C)C(N)=NO. The van der Waals surface area contributed by atoms with Crippen LogP contribution >= 0.6 is 0 Å². The molecule has 1 heterocycles. The lowest BCUT2D eigenvalue weighted by Gasteiger charge is -2.38. The van der Waals surface area contributed by atoms with E-state index in [1.807, 2.05) is 11.8 Å². The molecule has 1 rings (SSSR count). The summed E-state index contributed by atoms with van der Waals surface area (Å²) < 4.78 is 0. The molecule has 5 heteroatoms. The lowest BCUT2D eigenvalue weighted by atomic mass is 9.92. The van der Waals surface area contributed by atoms with Gasteiger partial charge in [0.1, 0.15) is 0 Å². The molecule has 1 aliphatic rings. The van der Waals surface area contributed by atoms with E-state index in [1.54, 1.807) is 0 Å². The van der Waals surface area contributed by atoms with Crippen LogP contribution in [-0.4, -0.2) is 34.4 Å². The topological polar surface area (TPSA) is 78.9 Å². The lowest BCUT2D eigenvalue weighted by molar-refractivity contribution is -0.137. The van der Waals surface area contributed by atoms with Gasteiger partial charge in [-0.25, -0.2) is 0 Å². The van der Waals surface area contributed by atoms with Gasteiger partial charge in [0.2, 0.25) is 5.91 Å². The minimum absolute atomic E-state index is 0.0122. The third-order valence-electron chi connectivity index (χ3n) is 3.58. The van der Waals surface area contributed by atoms with E-state index in [1.165, 1.54) is 0 Å². The lowest BCUT2D eigenvalue weighted by Crippen LogP contribution is -2.49. The maximum absolute atomic E-state index is 12.3. The van der Waals surface area contributed by atoms with Crippen LogP contribution in [0.3, 0.4) is 0 Å². The summed E-state index contributed by atoms with van der Waals surface area (Å²) in [5.74, 6) is 0.0393. The number of oxime groups is 1. The normalized spacial score (nSPS) is 27.9. The highest BCUT2D eigenvalue weighted by molar-refractivity contribution is 6.02. The molecule has 0 radical (unpaired) electrons. The second kappa shape index (κ2) is 5.89. The van der Waals surface area contributed by atoms with Crippen molar-refractivity contribution in [3.8, 4) is 0 Å². The molecule has 0 saturated carbocycles. The molecule has 0 aliphatic carbocycles. The number of rotatable bonds is 3. The van der Waals surface area contributed by atoms with E-state index in [2.05, 4.69) is 19.0 Å². The highest BCUT2D eigenvalue weighted by Gasteiger charge is 2.32. The average molecular weight is 241 g/mol. The Labute approximate surface area is 103 Å². The van der Waals surface area contributed by atoms with Gasteiger partial charge in [-0.05, 0) is 32.1 Å². The summed E-state index contributed by atoms with van der Waals surface area (Å²) in [4.78, 5) is 14.2. The van der Waals surface area contributed by atoms with E-state index in [-0.39, 0.29) is 17.8 Å². The maximum Gasteiger partial charge on any atom is 0.233 e. The molecule has 0 aromatic heterocycles.